The van der Waals surface area contributed by atoms with E-state index in [9.17, 15) is 4.79 Å². The Morgan fingerprint density at radius 3 is 2.76 bits per heavy atom. The van der Waals surface area contributed by atoms with Gasteiger partial charge >= 0.3 is 0 Å². The third-order valence-corrected chi connectivity index (χ3v) is 4.83. The molecular weight excluding hydrogens is 368 g/mol. The van der Waals surface area contributed by atoms with Crippen molar-refractivity contribution in [3.8, 4) is 6.07 Å². The summed E-state index contributed by atoms with van der Waals surface area (Å²) in [4.78, 5) is 13.9. The summed E-state index contributed by atoms with van der Waals surface area (Å²) in [5.41, 5.74) is 0.692. The number of thiophene rings is 1. The van der Waals surface area contributed by atoms with Gasteiger partial charge in [-0.25, -0.2) is 0 Å². The third-order valence-electron chi connectivity index (χ3n) is 2.49. The van der Waals surface area contributed by atoms with Crippen LogP contribution in [0.2, 0.25) is 0 Å². The van der Waals surface area contributed by atoms with Gasteiger partial charge in [0.15, 0.2) is 5.78 Å². The molecule has 0 aliphatic rings. The molecule has 0 aliphatic carbocycles. The number of nitrogens with zero attached hydrogens (tertiary/aromatic N) is 2. The van der Waals surface area contributed by atoms with E-state index in [1.54, 1.807) is 0 Å². The van der Waals surface area contributed by atoms with Gasteiger partial charge in [0.1, 0.15) is 0 Å². The smallest absolute Gasteiger partial charge is 0.178 e. The van der Waals surface area contributed by atoms with Crippen LogP contribution in [0.3, 0.4) is 0 Å². The number of halogens is 2. The Hall–Kier alpha value is -0.220. The largest absolute Gasteiger partial charge is 0.295 e. The van der Waals surface area contributed by atoms with Gasteiger partial charge in [-0.15, -0.1) is 11.3 Å². The van der Waals surface area contributed by atoms with Crippen LogP contribution >= 0.6 is 43.2 Å². The molecule has 0 bridgehead atoms. The highest BCUT2D eigenvalue weighted by atomic mass is 79.9. The first-order chi connectivity index (χ1) is 7.95. The van der Waals surface area contributed by atoms with E-state index in [2.05, 4.69) is 37.9 Å². The zero-order chi connectivity index (χ0) is 13.0. The summed E-state index contributed by atoms with van der Waals surface area (Å²) < 4.78 is 1.77. The molecule has 1 heterocycles. The molecule has 0 saturated heterocycles. The van der Waals surface area contributed by atoms with Gasteiger partial charge in [0.25, 0.3) is 0 Å². The summed E-state index contributed by atoms with van der Waals surface area (Å²) in [6, 6.07) is 4.02. The Bertz CT molecular complexity index is 453. The Morgan fingerprint density at radius 2 is 2.29 bits per heavy atom. The molecule has 1 unspecified atom stereocenters. The molecule has 0 saturated carbocycles. The standard InChI is InChI=1S/C11H12Br2N2OS/c1-7(3-4-14)15(2)6-9(16)8-5-10(12)17-11(8)13/h5,7H,3,6H2,1-2H3. The summed E-state index contributed by atoms with van der Waals surface area (Å²) in [5, 5.41) is 8.61. The van der Waals surface area contributed by atoms with E-state index in [4.69, 9.17) is 5.26 Å². The molecule has 0 spiro atoms. The summed E-state index contributed by atoms with van der Waals surface area (Å²) in [5.74, 6) is 0.0612. The fraction of sp³-hybridized carbons (Fsp3) is 0.455. The maximum Gasteiger partial charge on any atom is 0.178 e. The number of likely N-dealkylation sites (N-methyl/N-ethyl adjacent to an activating group) is 1. The average molecular weight is 380 g/mol. The van der Waals surface area contributed by atoms with E-state index in [-0.39, 0.29) is 11.8 Å². The molecule has 1 aromatic heterocycles. The molecule has 0 amide bonds. The minimum Gasteiger partial charge on any atom is -0.295 e. The molecule has 3 nitrogen and oxygen atoms in total. The van der Waals surface area contributed by atoms with Crippen LogP contribution in [0.1, 0.15) is 23.7 Å². The van der Waals surface area contributed by atoms with Gasteiger partial charge in [-0.2, -0.15) is 5.26 Å². The lowest BCUT2D eigenvalue weighted by atomic mass is 10.1. The lowest BCUT2D eigenvalue weighted by Crippen LogP contribution is -2.33. The van der Waals surface area contributed by atoms with Crippen LogP contribution in [0.25, 0.3) is 0 Å². The van der Waals surface area contributed by atoms with Gasteiger partial charge in [-0.3, -0.25) is 9.69 Å². The van der Waals surface area contributed by atoms with Crippen molar-refractivity contribution in [1.29, 1.82) is 5.26 Å². The molecule has 92 valence electrons. The fourth-order valence-electron chi connectivity index (χ4n) is 1.29. The predicted molar refractivity (Wildman–Crippen MR) is 76.4 cm³/mol. The van der Waals surface area contributed by atoms with Gasteiger partial charge in [0, 0.05) is 11.6 Å². The van der Waals surface area contributed by atoms with E-state index in [0.29, 0.717) is 18.5 Å². The lowest BCUT2D eigenvalue weighted by molar-refractivity contribution is 0.0925. The van der Waals surface area contributed by atoms with E-state index in [1.165, 1.54) is 11.3 Å². The maximum absolute atomic E-state index is 12.0. The molecule has 0 radical (unpaired) electrons. The van der Waals surface area contributed by atoms with Gasteiger partial charge < -0.3 is 0 Å². The summed E-state index contributed by atoms with van der Waals surface area (Å²) in [7, 11) is 1.86. The van der Waals surface area contributed by atoms with Crippen molar-refractivity contribution in [2.45, 2.75) is 19.4 Å². The predicted octanol–water partition coefficient (Wildman–Crippen LogP) is 3.69. The van der Waals surface area contributed by atoms with Crippen molar-refractivity contribution in [2.75, 3.05) is 13.6 Å². The van der Waals surface area contributed by atoms with E-state index >= 15 is 0 Å². The number of hydrogen-bond donors (Lipinski definition) is 0. The zero-order valence-corrected chi connectivity index (χ0v) is 13.5. The van der Waals surface area contributed by atoms with Crippen molar-refractivity contribution >= 4 is 49.0 Å². The van der Waals surface area contributed by atoms with Crippen molar-refractivity contribution in [2.24, 2.45) is 0 Å². The summed E-state index contributed by atoms with van der Waals surface area (Å²) in [6.07, 6.45) is 0.429. The molecule has 1 rings (SSSR count). The fourth-order valence-corrected chi connectivity index (χ4v) is 4.14. The number of Topliss-reactive ketones (excluding diaryl/α,β-unsaturated/α-hetero) is 1. The highest BCUT2D eigenvalue weighted by molar-refractivity contribution is 9.12. The van der Waals surface area contributed by atoms with Gasteiger partial charge in [-0.05, 0) is 51.9 Å². The van der Waals surface area contributed by atoms with Crippen LogP contribution in [-0.4, -0.2) is 30.3 Å². The van der Waals surface area contributed by atoms with Crippen LogP contribution in [-0.2, 0) is 0 Å². The van der Waals surface area contributed by atoms with Gasteiger partial charge in [-0.1, -0.05) is 0 Å². The van der Waals surface area contributed by atoms with Crippen molar-refractivity contribution in [1.82, 2.24) is 4.90 Å². The number of ketones is 1. The quantitative estimate of drug-likeness (QED) is 0.732. The molecule has 6 heteroatoms. The zero-order valence-electron chi connectivity index (χ0n) is 9.54. The Kier molecular flexibility index (Phi) is 5.80. The second-order valence-corrected chi connectivity index (χ2v) is 7.54. The summed E-state index contributed by atoms with van der Waals surface area (Å²) >= 11 is 8.21. The normalized spacial score (nSPS) is 12.5. The Labute approximate surface area is 122 Å². The van der Waals surface area contributed by atoms with Crippen molar-refractivity contribution in [3.05, 3.63) is 19.2 Å². The van der Waals surface area contributed by atoms with Crippen LogP contribution < -0.4 is 0 Å². The minimum absolute atomic E-state index is 0.0612. The second-order valence-electron chi connectivity index (χ2n) is 3.79. The van der Waals surface area contributed by atoms with Crippen LogP contribution in [0.15, 0.2) is 13.6 Å². The number of hydrogen-bond acceptors (Lipinski definition) is 4. The number of nitriles is 1. The number of carbonyl (C=O) groups excluding carboxylic acids is 1. The van der Waals surface area contributed by atoms with Crippen molar-refractivity contribution in [3.63, 3.8) is 0 Å². The van der Waals surface area contributed by atoms with E-state index in [0.717, 1.165) is 7.57 Å². The number of carbonyl (C=O) groups is 1. The highest BCUT2D eigenvalue weighted by Crippen LogP contribution is 2.32. The van der Waals surface area contributed by atoms with Gasteiger partial charge in [0.05, 0.1) is 26.6 Å². The van der Waals surface area contributed by atoms with Crippen LogP contribution in [0, 0.1) is 11.3 Å². The molecule has 0 aromatic carbocycles. The first-order valence-corrected chi connectivity index (χ1v) is 7.41. The van der Waals surface area contributed by atoms with Crippen LogP contribution in [0.5, 0.6) is 0 Å². The van der Waals surface area contributed by atoms with Gasteiger partial charge in [0.2, 0.25) is 0 Å². The molecule has 0 fully saturated rings. The van der Waals surface area contributed by atoms with Crippen molar-refractivity contribution < 1.29 is 4.79 Å². The molecule has 0 N–H and O–H groups in total. The minimum atomic E-state index is 0.0612. The van der Waals surface area contributed by atoms with E-state index < -0.39 is 0 Å². The average Bonchev–Trinajstić information content (AvgIpc) is 2.58. The first-order valence-electron chi connectivity index (χ1n) is 5.01. The van der Waals surface area contributed by atoms with E-state index in [1.807, 2.05) is 24.9 Å². The first kappa shape index (κ1) is 14.8. The summed E-state index contributed by atoms with van der Waals surface area (Å²) in [6.45, 7) is 2.26. The number of rotatable bonds is 5. The molecule has 17 heavy (non-hydrogen) atoms. The van der Waals surface area contributed by atoms with Crippen LogP contribution in [0.4, 0.5) is 0 Å². The molecule has 0 aliphatic heterocycles. The molecule has 1 aromatic rings. The SMILES string of the molecule is CC(CC#N)N(C)CC(=O)c1cc(Br)sc1Br. The Balaban J connectivity index is 2.67. The monoisotopic (exact) mass is 378 g/mol. The lowest BCUT2D eigenvalue weighted by Gasteiger charge is -2.21. The highest BCUT2D eigenvalue weighted by Gasteiger charge is 2.18. The second kappa shape index (κ2) is 6.64. The maximum atomic E-state index is 12.0. The molecular formula is C11H12Br2N2OS. The topological polar surface area (TPSA) is 44.1 Å². The molecule has 1 atom stereocenters. The Morgan fingerprint density at radius 1 is 1.65 bits per heavy atom. The third kappa shape index (κ3) is 4.18.